The highest BCUT2D eigenvalue weighted by Gasteiger charge is 2.13. The molecule has 7 heteroatoms. The van der Waals surface area contributed by atoms with Crippen molar-refractivity contribution >= 4 is 40.2 Å². The molecule has 2 rings (SSSR count). The zero-order valence-corrected chi connectivity index (χ0v) is 12.9. The highest BCUT2D eigenvalue weighted by atomic mass is 35.5. The number of hydrogen-bond acceptors (Lipinski definition) is 4. The normalized spacial score (nSPS) is 12.3. The summed E-state index contributed by atoms with van der Waals surface area (Å²) >= 11 is 13.4. The van der Waals surface area contributed by atoms with Crippen LogP contribution in [-0.4, -0.2) is 4.92 Å². The summed E-state index contributed by atoms with van der Waals surface area (Å²) in [5, 5.41) is 13.9. The number of benzene rings is 1. The summed E-state index contributed by atoms with van der Waals surface area (Å²) in [5.74, 6) is 0. The Morgan fingerprint density at radius 3 is 2.50 bits per heavy atom. The van der Waals surface area contributed by atoms with E-state index in [0.29, 0.717) is 15.2 Å². The standard InChI is InChI=1S/C13H12Cl2N2O2S/c1-8(11-6-12(14)20-13(11)15)16-7-9-2-4-10(5-3-9)17(18)19/h2-6,8,16H,7H2,1H3. The van der Waals surface area contributed by atoms with Gasteiger partial charge >= 0.3 is 0 Å². The number of nitrogens with zero attached hydrogens (tertiary/aromatic N) is 1. The summed E-state index contributed by atoms with van der Waals surface area (Å²) in [5.41, 5.74) is 2.03. The van der Waals surface area contributed by atoms with Crippen LogP contribution in [0.5, 0.6) is 0 Å². The molecule has 2 aromatic rings. The number of nitro benzene ring substituents is 1. The van der Waals surface area contributed by atoms with Gasteiger partial charge in [-0.1, -0.05) is 35.3 Å². The molecule has 1 aromatic heterocycles. The molecule has 1 aromatic carbocycles. The molecule has 0 saturated carbocycles. The van der Waals surface area contributed by atoms with Gasteiger partial charge in [0.15, 0.2) is 0 Å². The van der Waals surface area contributed by atoms with Crippen molar-refractivity contribution in [2.45, 2.75) is 19.5 Å². The molecule has 1 heterocycles. The zero-order chi connectivity index (χ0) is 14.7. The molecule has 1 N–H and O–H groups in total. The Bertz CT molecular complexity index is 613. The molecule has 0 aliphatic carbocycles. The van der Waals surface area contributed by atoms with Gasteiger partial charge in [-0.3, -0.25) is 10.1 Å². The number of nitro groups is 1. The van der Waals surface area contributed by atoms with Gasteiger partial charge in [0.25, 0.3) is 5.69 Å². The summed E-state index contributed by atoms with van der Waals surface area (Å²) in [6, 6.07) is 8.37. The Labute approximate surface area is 130 Å². The summed E-state index contributed by atoms with van der Waals surface area (Å²) in [6.07, 6.45) is 0. The van der Waals surface area contributed by atoms with Crippen LogP contribution in [0, 0.1) is 10.1 Å². The molecule has 0 fully saturated rings. The monoisotopic (exact) mass is 330 g/mol. The molecule has 1 unspecified atom stereocenters. The van der Waals surface area contributed by atoms with E-state index in [1.54, 1.807) is 12.1 Å². The van der Waals surface area contributed by atoms with Crippen molar-refractivity contribution in [1.82, 2.24) is 5.32 Å². The first-order valence-electron chi connectivity index (χ1n) is 5.89. The van der Waals surface area contributed by atoms with Crippen LogP contribution in [-0.2, 0) is 6.54 Å². The molecule has 0 amide bonds. The Morgan fingerprint density at radius 1 is 1.35 bits per heavy atom. The predicted molar refractivity (Wildman–Crippen MR) is 82.7 cm³/mol. The van der Waals surface area contributed by atoms with E-state index in [1.165, 1.54) is 23.5 Å². The van der Waals surface area contributed by atoms with E-state index >= 15 is 0 Å². The average molecular weight is 331 g/mol. The quantitative estimate of drug-likeness (QED) is 0.632. The van der Waals surface area contributed by atoms with Gasteiger partial charge in [-0.15, -0.1) is 11.3 Å². The van der Waals surface area contributed by atoms with Gasteiger partial charge in [0, 0.05) is 24.7 Å². The third-order valence-electron chi connectivity index (χ3n) is 2.91. The van der Waals surface area contributed by atoms with E-state index in [2.05, 4.69) is 5.32 Å². The maximum absolute atomic E-state index is 10.6. The molecule has 0 aliphatic heterocycles. The molecular weight excluding hydrogens is 319 g/mol. The van der Waals surface area contributed by atoms with Crippen LogP contribution < -0.4 is 5.32 Å². The third kappa shape index (κ3) is 3.70. The minimum Gasteiger partial charge on any atom is -0.306 e. The number of rotatable bonds is 5. The minimum atomic E-state index is -0.410. The second-order valence-electron chi connectivity index (χ2n) is 4.31. The van der Waals surface area contributed by atoms with Gasteiger partial charge in [-0.05, 0) is 24.1 Å². The lowest BCUT2D eigenvalue weighted by Gasteiger charge is -2.13. The van der Waals surface area contributed by atoms with Crippen molar-refractivity contribution in [2.24, 2.45) is 0 Å². The molecule has 20 heavy (non-hydrogen) atoms. The Kier molecular flexibility index (Phi) is 4.99. The smallest absolute Gasteiger partial charge is 0.269 e. The highest BCUT2D eigenvalue weighted by Crippen LogP contribution is 2.34. The molecular formula is C13H12Cl2N2O2S. The van der Waals surface area contributed by atoms with Crippen LogP contribution in [0.4, 0.5) is 5.69 Å². The van der Waals surface area contributed by atoms with E-state index < -0.39 is 4.92 Å². The molecule has 0 radical (unpaired) electrons. The van der Waals surface area contributed by atoms with Gasteiger partial charge in [-0.2, -0.15) is 0 Å². The maximum atomic E-state index is 10.6. The largest absolute Gasteiger partial charge is 0.306 e. The molecule has 4 nitrogen and oxygen atoms in total. The van der Waals surface area contributed by atoms with Crippen molar-refractivity contribution < 1.29 is 4.92 Å². The fourth-order valence-electron chi connectivity index (χ4n) is 1.76. The number of nitrogens with one attached hydrogen (secondary N) is 1. The van der Waals surface area contributed by atoms with E-state index in [4.69, 9.17) is 23.2 Å². The molecule has 0 spiro atoms. The molecule has 1 atom stereocenters. The van der Waals surface area contributed by atoms with Crippen molar-refractivity contribution in [1.29, 1.82) is 0 Å². The lowest BCUT2D eigenvalue weighted by molar-refractivity contribution is -0.384. The van der Waals surface area contributed by atoms with Crippen molar-refractivity contribution in [3.63, 3.8) is 0 Å². The Morgan fingerprint density at radius 2 is 2.00 bits per heavy atom. The van der Waals surface area contributed by atoms with E-state index in [1.807, 2.05) is 13.0 Å². The van der Waals surface area contributed by atoms with Crippen LogP contribution >= 0.6 is 34.5 Å². The Hall–Kier alpha value is -1.14. The second kappa shape index (κ2) is 6.54. The summed E-state index contributed by atoms with van der Waals surface area (Å²) in [4.78, 5) is 10.2. The van der Waals surface area contributed by atoms with Gasteiger partial charge in [0.05, 0.1) is 13.6 Å². The fraction of sp³-hybridized carbons (Fsp3) is 0.231. The van der Waals surface area contributed by atoms with E-state index in [0.717, 1.165) is 11.1 Å². The van der Waals surface area contributed by atoms with Crippen molar-refractivity contribution in [3.05, 3.63) is 60.2 Å². The summed E-state index contributed by atoms with van der Waals surface area (Å²) < 4.78 is 1.34. The number of non-ortho nitro benzene ring substituents is 1. The second-order valence-corrected chi connectivity index (χ2v) is 6.59. The average Bonchev–Trinajstić information content (AvgIpc) is 2.75. The minimum absolute atomic E-state index is 0.0569. The topological polar surface area (TPSA) is 55.2 Å². The summed E-state index contributed by atoms with van der Waals surface area (Å²) in [6.45, 7) is 2.60. The first kappa shape index (κ1) is 15.3. The summed E-state index contributed by atoms with van der Waals surface area (Å²) in [7, 11) is 0. The highest BCUT2D eigenvalue weighted by molar-refractivity contribution is 7.20. The molecule has 0 bridgehead atoms. The first-order chi connectivity index (χ1) is 9.47. The predicted octanol–water partition coefficient (Wildman–Crippen LogP) is 4.81. The van der Waals surface area contributed by atoms with E-state index in [9.17, 15) is 10.1 Å². The van der Waals surface area contributed by atoms with Gasteiger partial charge in [-0.25, -0.2) is 0 Å². The number of hydrogen-bond donors (Lipinski definition) is 1. The van der Waals surface area contributed by atoms with Gasteiger partial charge in [0.2, 0.25) is 0 Å². The zero-order valence-electron chi connectivity index (χ0n) is 10.6. The van der Waals surface area contributed by atoms with Crippen LogP contribution in [0.3, 0.4) is 0 Å². The van der Waals surface area contributed by atoms with Gasteiger partial charge < -0.3 is 5.32 Å². The lowest BCUT2D eigenvalue weighted by Crippen LogP contribution is -2.17. The van der Waals surface area contributed by atoms with E-state index in [-0.39, 0.29) is 11.7 Å². The SMILES string of the molecule is CC(NCc1ccc([N+](=O)[O-])cc1)c1cc(Cl)sc1Cl. The van der Waals surface area contributed by atoms with Crippen LogP contribution in [0.1, 0.15) is 24.1 Å². The third-order valence-corrected chi connectivity index (χ3v) is 4.43. The lowest BCUT2D eigenvalue weighted by atomic mass is 10.1. The molecule has 0 saturated heterocycles. The molecule has 0 aliphatic rings. The number of halogens is 2. The fourth-order valence-corrected chi connectivity index (χ4v) is 3.41. The molecule has 106 valence electrons. The Balaban J connectivity index is 1.98. The van der Waals surface area contributed by atoms with Crippen molar-refractivity contribution in [2.75, 3.05) is 0 Å². The van der Waals surface area contributed by atoms with Gasteiger partial charge in [0.1, 0.15) is 0 Å². The maximum Gasteiger partial charge on any atom is 0.269 e. The van der Waals surface area contributed by atoms with Crippen LogP contribution in [0.25, 0.3) is 0 Å². The first-order valence-corrected chi connectivity index (χ1v) is 7.46. The van der Waals surface area contributed by atoms with Crippen LogP contribution in [0.2, 0.25) is 8.67 Å². The van der Waals surface area contributed by atoms with Crippen molar-refractivity contribution in [3.8, 4) is 0 Å². The van der Waals surface area contributed by atoms with Crippen LogP contribution in [0.15, 0.2) is 30.3 Å². The number of thiophene rings is 1.